The minimum atomic E-state index is -0.477. The molecule has 0 amide bonds. The maximum Gasteiger partial charge on any atom is 0.330 e. The predicted octanol–water partition coefficient (Wildman–Crippen LogP) is 6.43. The summed E-state index contributed by atoms with van der Waals surface area (Å²) in [7, 11) is 0. The summed E-state index contributed by atoms with van der Waals surface area (Å²) in [6, 6.07) is 15.9. The highest BCUT2D eigenvalue weighted by Crippen LogP contribution is 2.28. The summed E-state index contributed by atoms with van der Waals surface area (Å²) in [6.45, 7) is 12.5. The average Bonchev–Trinajstić information content (AvgIpc) is 2.93. The Morgan fingerprint density at radius 1 is 0.846 bits per heavy atom. The summed E-state index contributed by atoms with van der Waals surface area (Å²) < 4.78 is 15.6. The van der Waals surface area contributed by atoms with Gasteiger partial charge in [0, 0.05) is 6.08 Å². The Bertz CT molecular complexity index is 1050. The summed E-state index contributed by atoms with van der Waals surface area (Å²) in [5.74, 6) is 0.893. The second-order valence-electron chi connectivity index (χ2n) is 9.29. The normalized spacial score (nSPS) is 10.9. The molecule has 0 aliphatic heterocycles. The van der Waals surface area contributed by atoms with E-state index in [0.29, 0.717) is 24.7 Å². The number of unbranched alkanes of at least 4 members (excludes halogenated alkanes) is 1. The lowest BCUT2D eigenvalue weighted by atomic mass is 9.80. The van der Waals surface area contributed by atoms with E-state index in [1.165, 1.54) is 29.9 Å². The van der Waals surface area contributed by atoms with E-state index in [0.717, 1.165) is 31.8 Å². The van der Waals surface area contributed by atoms with Gasteiger partial charge in [0.25, 0.3) is 0 Å². The van der Waals surface area contributed by atoms with Gasteiger partial charge in [-0.05, 0) is 66.5 Å². The van der Waals surface area contributed by atoms with Gasteiger partial charge in [0.2, 0.25) is 0 Å². The fourth-order valence-electron chi connectivity index (χ4n) is 3.53. The fourth-order valence-corrected chi connectivity index (χ4v) is 3.53. The van der Waals surface area contributed by atoms with Gasteiger partial charge in [-0.25, -0.2) is 4.79 Å². The van der Waals surface area contributed by atoms with Crippen LogP contribution in [0.5, 0.6) is 11.5 Å². The molecule has 0 spiro atoms. The van der Waals surface area contributed by atoms with Gasteiger partial charge in [0.05, 0.1) is 13.2 Å². The Hall–Kier alpha value is -3.97. The Balaban J connectivity index is 1.66. The van der Waals surface area contributed by atoms with Gasteiger partial charge in [0.1, 0.15) is 31.5 Å². The number of hydrogen-bond acceptors (Lipinski definition) is 8. The topological polar surface area (TPSA) is 81.7 Å². The summed E-state index contributed by atoms with van der Waals surface area (Å²) in [5.41, 5.74) is 4.95. The van der Waals surface area contributed by atoms with Crippen molar-refractivity contribution in [3.05, 3.63) is 103 Å². The number of hydrogen-bond donors (Lipinski definition) is 0. The molecular formula is C31H38O8. The molecule has 0 fully saturated rings. The zero-order valence-electron chi connectivity index (χ0n) is 22.8. The van der Waals surface area contributed by atoms with Gasteiger partial charge in [-0.1, -0.05) is 57.0 Å². The van der Waals surface area contributed by atoms with E-state index in [1.54, 1.807) is 0 Å². The molecule has 0 saturated heterocycles. The van der Waals surface area contributed by atoms with Crippen LogP contribution in [0.2, 0.25) is 0 Å². The highest BCUT2D eigenvalue weighted by Gasteiger charge is 2.19. The number of benzene rings is 2. The van der Waals surface area contributed by atoms with Crippen LogP contribution in [0.25, 0.3) is 0 Å². The third-order valence-corrected chi connectivity index (χ3v) is 5.24. The predicted molar refractivity (Wildman–Crippen MR) is 148 cm³/mol. The van der Waals surface area contributed by atoms with Crippen molar-refractivity contribution >= 4 is 5.97 Å². The summed E-state index contributed by atoms with van der Waals surface area (Å²) in [5, 5.41) is 0. The number of rotatable bonds is 20. The van der Waals surface area contributed by atoms with E-state index in [2.05, 4.69) is 61.9 Å². The largest absolute Gasteiger partial charge is 0.494 e. The average molecular weight is 539 g/mol. The van der Waals surface area contributed by atoms with E-state index in [1.807, 2.05) is 24.3 Å². The van der Waals surface area contributed by atoms with E-state index in [-0.39, 0.29) is 18.6 Å². The standard InChI is InChI=1S/C31H38O8/c1-5-17-36-37-18-7-8-19-38-39-29-15-11-27(12-16-29)25-31(3,4)24-26-9-13-28(14-10-26)34-22-20-33-21-23-35-30(32)6-2/h6,9-17,20,22H,1-2,7-8,18-19,21,23-25H2,3-4H3/b22-20+. The first kappa shape index (κ1) is 31.2. The lowest BCUT2D eigenvalue weighted by Gasteiger charge is -2.25. The molecule has 2 rings (SSSR count). The van der Waals surface area contributed by atoms with E-state index >= 15 is 0 Å². The second kappa shape index (κ2) is 18.3. The molecule has 0 heterocycles. The van der Waals surface area contributed by atoms with Gasteiger partial charge in [-0.15, -0.1) is 0 Å². The van der Waals surface area contributed by atoms with Gasteiger partial charge in [-0.2, -0.15) is 9.78 Å². The maximum atomic E-state index is 10.9. The van der Waals surface area contributed by atoms with Crippen LogP contribution in [0.15, 0.2) is 92.3 Å². The zero-order valence-corrected chi connectivity index (χ0v) is 22.8. The van der Waals surface area contributed by atoms with Crippen molar-refractivity contribution in [2.45, 2.75) is 39.5 Å². The molecule has 0 N–H and O–H groups in total. The third kappa shape index (κ3) is 14.5. The molecule has 2 aromatic rings. The molecule has 0 aromatic heterocycles. The highest BCUT2D eigenvalue weighted by molar-refractivity contribution is 5.81. The highest BCUT2D eigenvalue weighted by atomic mass is 17.2. The lowest BCUT2D eigenvalue weighted by Crippen LogP contribution is -2.18. The smallest absolute Gasteiger partial charge is 0.330 e. The van der Waals surface area contributed by atoms with Crippen molar-refractivity contribution in [1.82, 2.24) is 0 Å². The quantitative estimate of drug-likeness (QED) is 0.0363. The van der Waals surface area contributed by atoms with Gasteiger partial charge in [-0.3, -0.25) is 0 Å². The van der Waals surface area contributed by atoms with Crippen LogP contribution in [0.1, 0.15) is 37.8 Å². The maximum absolute atomic E-state index is 10.9. The number of esters is 1. The molecule has 39 heavy (non-hydrogen) atoms. The van der Waals surface area contributed by atoms with Crippen molar-refractivity contribution in [3.8, 4) is 11.5 Å². The first-order valence-electron chi connectivity index (χ1n) is 12.7. The molecule has 0 bridgehead atoms. The van der Waals surface area contributed by atoms with Gasteiger partial charge in [0.15, 0.2) is 12.0 Å². The molecule has 210 valence electrons. The molecule has 0 aliphatic rings. The van der Waals surface area contributed by atoms with Crippen molar-refractivity contribution in [3.63, 3.8) is 0 Å². The van der Waals surface area contributed by atoms with Crippen LogP contribution in [0.3, 0.4) is 0 Å². The fraction of sp³-hybridized carbons (Fsp3) is 0.355. The van der Waals surface area contributed by atoms with Crippen LogP contribution < -0.4 is 9.62 Å². The van der Waals surface area contributed by atoms with E-state index in [4.69, 9.17) is 28.9 Å². The van der Waals surface area contributed by atoms with Crippen molar-refractivity contribution in [2.24, 2.45) is 5.41 Å². The Morgan fingerprint density at radius 2 is 1.46 bits per heavy atom. The molecule has 8 nitrogen and oxygen atoms in total. The number of carbonyl (C=O) groups is 1. The summed E-state index contributed by atoms with van der Waals surface area (Å²) in [6.07, 6.45) is 8.61. The number of ether oxygens (including phenoxy) is 3. The van der Waals surface area contributed by atoms with Gasteiger partial charge < -0.3 is 24.0 Å². The van der Waals surface area contributed by atoms with E-state index in [9.17, 15) is 4.79 Å². The molecule has 0 radical (unpaired) electrons. The summed E-state index contributed by atoms with van der Waals surface area (Å²) in [4.78, 5) is 31.1. The summed E-state index contributed by atoms with van der Waals surface area (Å²) >= 11 is 0. The zero-order chi connectivity index (χ0) is 28.2. The SMILES string of the molecule is C=C=COOCCCCOOc1ccc(CC(C)(C)Cc2ccc(O/C=C/OCCOC(=O)C=C)cc2)cc1. The first-order chi connectivity index (χ1) is 18.9. The second-order valence-corrected chi connectivity index (χ2v) is 9.29. The van der Waals surface area contributed by atoms with Crippen molar-refractivity contribution in [2.75, 3.05) is 26.4 Å². The van der Waals surface area contributed by atoms with E-state index < -0.39 is 5.97 Å². The number of carbonyl (C=O) groups excluding carboxylic acids is 1. The molecular weight excluding hydrogens is 500 g/mol. The molecule has 0 unspecified atom stereocenters. The van der Waals surface area contributed by atoms with Crippen LogP contribution in [-0.2, 0) is 41.8 Å². The van der Waals surface area contributed by atoms with Gasteiger partial charge >= 0.3 is 5.97 Å². The minimum absolute atomic E-state index is 0.0529. The first-order valence-corrected chi connectivity index (χ1v) is 12.7. The van der Waals surface area contributed by atoms with Crippen LogP contribution >= 0.6 is 0 Å². The molecule has 0 atom stereocenters. The molecule has 0 saturated carbocycles. The lowest BCUT2D eigenvalue weighted by molar-refractivity contribution is -0.251. The third-order valence-electron chi connectivity index (χ3n) is 5.24. The Kier molecular flexibility index (Phi) is 14.7. The van der Waals surface area contributed by atoms with Crippen LogP contribution in [-0.4, -0.2) is 32.4 Å². The van der Waals surface area contributed by atoms with Crippen LogP contribution in [0.4, 0.5) is 0 Å². The van der Waals surface area contributed by atoms with Crippen molar-refractivity contribution < 1.29 is 38.6 Å². The monoisotopic (exact) mass is 538 g/mol. The minimum Gasteiger partial charge on any atom is -0.494 e. The molecule has 0 aliphatic carbocycles. The molecule has 2 aromatic carbocycles. The Labute approximate surface area is 230 Å². The van der Waals surface area contributed by atoms with Crippen LogP contribution in [0, 0.1) is 5.41 Å². The molecule has 8 heteroatoms. The van der Waals surface area contributed by atoms with Crippen molar-refractivity contribution in [1.29, 1.82) is 0 Å². The Morgan fingerprint density at radius 3 is 2.08 bits per heavy atom.